The average molecular weight is 244 g/mol. The van der Waals surface area contributed by atoms with E-state index in [0.29, 0.717) is 12.3 Å². The molecule has 0 saturated carbocycles. The second-order valence-corrected chi connectivity index (χ2v) is 5.51. The fourth-order valence-electron chi connectivity index (χ4n) is 3.34. The smallest absolute Gasteiger partial charge is 0.306 e. The Morgan fingerprint density at radius 1 is 1.39 bits per heavy atom. The van der Waals surface area contributed by atoms with Gasteiger partial charge in [-0.2, -0.15) is 0 Å². The molecule has 0 amide bonds. The van der Waals surface area contributed by atoms with Crippen molar-refractivity contribution in [2.45, 2.75) is 57.5 Å². The first-order chi connectivity index (χ1) is 8.78. The van der Waals surface area contributed by atoms with Crippen molar-refractivity contribution in [2.75, 3.05) is 0 Å². The maximum atomic E-state index is 11.5. The second kappa shape index (κ2) is 4.75. The number of rotatable bonds is 2. The molecule has 0 bridgehead atoms. The zero-order chi connectivity index (χ0) is 12.5. The lowest BCUT2D eigenvalue weighted by atomic mass is 9.93. The molecule has 2 atom stereocenters. The molecule has 2 aliphatic rings. The summed E-state index contributed by atoms with van der Waals surface area (Å²) in [5.41, 5.74) is 4.26. The van der Waals surface area contributed by atoms with Crippen molar-refractivity contribution in [1.82, 2.24) is 0 Å². The number of ether oxygens (including phenoxy) is 1. The lowest BCUT2D eigenvalue weighted by molar-refractivity contribution is -0.148. The first-order valence-electron chi connectivity index (χ1n) is 7.09. The fraction of sp³-hybridized carbons (Fsp3) is 0.562. The number of benzene rings is 1. The Kier molecular flexibility index (Phi) is 3.11. The molecular weight excluding hydrogens is 224 g/mol. The van der Waals surface area contributed by atoms with Gasteiger partial charge in [0.2, 0.25) is 0 Å². The second-order valence-electron chi connectivity index (χ2n) is 5.51. The van der Waals surface area contributed by atoms with Gasteiger partial charge < -0.3 is 4.74 Å². The molecular formula is C16H20O2. The zero-order valence-corrected chi connectivity index (χ0v) is 10.9. The van der Waals surface area contributed by atoms with Crippen molar-refractivity contribution in [3.8, 4) is 0 Å². The highest BCUT2D eigenvalue weighted by molar-refractivity contribution is 5.70. The van der Waals surface area contributed by atoms with E-state index < -0.39 is 0 Å². The molecule has 1 fully saturated rings. The van der Waals surface area contributed by atoms with Gasteiger partial charge in [-0.05, 0) is 36.0 Å². The monoisotopic (exact) mass is 244 g/mol. The van der Waals surface area contributed by atoms with Crippen LogP contribution < -0.4 is 0 Å². The van der Waals surface area contributed by atoms with E-state index in [9.17, 15) is 4.79 Å². The molecule has 96 valence electrons. The normalized spacial score (nSPS) is 26.2. The summed E-state index contributed by atoms with van der Waals surface area (Å²) in [4.78, 5) is 11.5. The average Bonchev–Trinajstić information content (AvgIpc) is 2.57. The highest BCUT2D eigenvalue weighted by Crippen LogP contribution is 2.40. The topological polar surface area (TPSA) is 26.3 Å². The molecule has 1 aliphatic carbocycles. The van der Waals surface area contributed by atoms with Gasteiger partial charge in [-0.15, -0.1) is 0 Å². The SMILES string of the molecule is CCCc1ccc2c(c1)C1CCCC(=O)OC1C2. The van der Waals surface area contributed by atoms with Crippen LogP contribution in [0.25, 0.3) is 0 Å². The highest BCUT2D eigenvalue weighted by atomic mass is 16.5. The number of hydrogen-bond donors (Lipinski definition) is 0. The summed E-state index contributed by atoms with van der Waals surface area (Å²) in [7, 11) is 0. The van der Waals surface area contributed by atoms with E-state index >= 15 is 0 Å². The molecule has 0 N–H and O–H groups in total. The number of hydrogen-bond acceptors (Lipinski definition) is 2. The minimum atomic E-state index is -0.0101. The molecule has 2 heteroatoms. The van der Waals surface area contributed by atoms with Crippen molar-refractivity contribution in [1.29, 1.82) is 0 Å². The zero-order valence-electron chi connectivity index (χ0n) is 10.9. The lowest BCUT2D eigenvalue weighted by Gasteiger charge is -2.17. The Balaban J connectivity index is 1.90. The van der Waals surface area contributed by atoms with E-state index in [4.69, 9.17) is 4.74 Å². The third kappa shape index (κ3) is 2.05. The molecule has 1 aliphatic heterocycles. The first kappa shape index (κ1) is 11.8. The van der Waals surface area contributed by atoms with Gasteiger partial charge in [0.1, 0.15) is 6.10 Å². The minimum absolute atomic E-state index is 0.0101. The van der Waals surface area contributed by atoms with Crippen LogP contribution in [0.5, 0.6) is 0 Å². The Morgan fingerprint density at radius 2 is 2.28 bits per heavy atom. The molecule has 1 saturated heterocycles. The molecule has 2 nitrogen and oxygen atoms in total. The molecule has 3 rings (SSSR count). The molecule has 18 heavy (non-hydrogen) atoms. The first-order valence-corrected chi connectivity index (χ1v) is 7.09. The molecule has 0 spiro atoms. The molecule has 1 aromatic carbocycles. The largest absolute Gasteiger partial charge is 0.461 e. The number of carbonyl (C=O) groups excluding carboxylic acids is 1. The molecule has 0 radical (unpaired) electrons. The Morgan fingerprint density at radius 3 is 3.11 bits per heavy atom. The van der Waals surface area contributed by atoms with Crippen LogP contribution in [0.1, 0.15) is 55.2 Å². The molecule has 2 unspecified atom stereocenters. The van der Waals surface area contributed by atoms with Crippen LogP contribution in [0.3, 0.4) is 0 Å². The predicted octanol–water partition coefficient (Wildman–Crippen LogP) is 3.37. The summed E-state index contributed by atoms with van der Waals surface area (Å²) < 4.78 is 5.58. The Labute approximate surface area is 108 Å². The Hall–Kier alpha value is -1.31. The Bertz CT molecular complexity index is 464. The predicted molar refractivity (Wildman–Crippen MR) is 70.6 cm³/mol. The fourth-order valence-corrected chi connectivity index (χ4v) is 3.34. The van der Waals surface area contributed by atoms with E-state index in [1.54, 1.807) is 0 Å². The standard InChI is InChI=1S/C16H20O2/c1-2-4-11-7-8-12-10-15-13(14(12)9-11)5-3-6-16(17)18-15/h7-9,13,15H,2-6,10H2,1H3. The third-order valence-electron chi connectivity index (χ3n) is 4.20. The maximum Gasteiger partial charge on any atom is 0.306 e. The maximum absolute atomic E-state index is 11.5. The van der Waals surface area contributed by atoms with Crippen molar-refractivity contribution >= 4 is 5.97 Å². The van der Waals surface area contributed by atoms with Crippen molar-refractivity contribution in [3.05, 3.63) is 34.9 Å². The van der Waals surface area contributed by atoms with Crippen LogP contribution >= 0.6 is 0 Å². The van der Waals surface area contributed by atoms with Crippen molar-refractivity contribution < 1.29 is 9.53 Å². The van der Waals surface area contributed by atoms with Crippen LogP contribution in [0.4, 0.5) is 0 Å². The number of aryl methyl sites for hydroxylation is 1. The third-order valence-corrected chi connectivity index (χ3v) is 4.20. The van der Waals surface area contributed by atoms with Crippen LogP contribution in [-0.2, 0) is 22.4 Å². The lowest BCUT2D eigenvalue weighted by Crippen LogP contribution is -2.19. The van der Waals surface area contributed by atoms with Crippen LogP contribution in [0, 0.1) is 0 Å². The molecule has 1 heterocycles. The van der Waals surface area contributed by atoms with Crippen molar-refractivity contribution in [3.63, 3.8) is 0 Å². The number of fused-ring (bicyclic) bond motifs is 3. The van der Waals surface area contributed by atoms with Gasteiger partial charge in [0, 0.05) is 18.8 Å². The van der Waals surface area contributed by atoms with Gasteiger partial charge in [-0.25, -0.2) is 0 Å². The summed E-state index contributed by atoms with van der Waals surface area (Å²) in [5.74, 6) is 0.437. The van der Waals surface area contributed by atoms with Crippen LogP contribution in [0.2, 0.25) is 0 Å². The summed E-state index contributed by atoms with van der Waals surface area (Å²) in [6.45, 7) is 2.21. The van der Waals surface area contributed by atoms with Gasteiger partial charge in [0.25, 0.3) is 0 Å². The van der Waals surface area contributed by atoms with Crippen molar-refractivity contribution in [2.24, 2.45) is 0 Å². The number of carbonyl (C=O) groups is 1. The summed E-state index contributed by atoms with van der Waals surface area (Å²) >= 11 is 0. The van der Waals surface area contributed by atoms with E-state index in [0.717, 1.165) is 25.7 Å². The van der Waals surface area contributed by atoms with E-state index in [1.807, 2.05) is 0 Å². The van der Waals surface area contributed by atoms with Gasteiger partial charge in [0.15, 0.2) is 0 Å². The number of esters is 1. The quantitative estimate of drug-likeness (QED) is 0.745. The van der Waals surface area contributed by atoms with Crippen LogP contribution in [-0.4, -0.2) is 12.1 Å². The van der Waals surface area contributed by atoms with Gasteiger partial charge in [-0.3, -0.25) is 4.79 Å². The summed E-state index contributed by atoms with van der Waals surface area (Å²) in [6.07, 6.45) is 6.00. The van der Waals surface area contributed by atoms with E-state index in [2.05, 4.69) is 25.1 Å². The van der Waals surface area contributed by atoms with E-state index in [-0.39, 0.29) is 12.1 Å². The van der Waals surface area contributed by atoms with E-state index in [1.165, 1.54) is 23.1 Å². The summed E-state index contributed by atoms with van der Waals surface area (Å²) in [6, 6.07) is 6.82. The van der Waals surface area contributed by atoms with Gasteiger partial charge >= 0.3 is 5.97 Å². The molecule has 0 aromatic heterocycles. The highest BCUT2D eigenvalue weighted by Gasteiger charge is 2.36. The van der Waals surface area contributed by atoms with Crippen LogP contribution in [0.15, 0.2) is 18.2 Å². The summed E-state index contributed by atoms with van der Waals surface area (Å²) in [5, 5.41) is 0. The molecule has 1 aromatic rings. The minimum Gasteiger partial charge on any atom is -0.461 e. The van der Waals surface area contributed by atoms with Gasteiger partial charge in [-0.1, -0.05) is 31.5 Å². The van der Waals surface area contributed by atoms with Gasteiger partial charge in [0.05, 0.1) is 0 Å².